The van der Waals surface area contributed by atoms with Crippen molar-refractivity contribution in [1.82, 2.24) is 9.29 Å². The molecule has 0 aliphatic heterocycles. The van der Waals surface area contributed by atoms with Gasteiger partial charge in [0.1, 0.15) is 23.6 Å². The van der Waals surface area contributed by atoms with Gasteiger partial charge in [-0.05, 0) is 67.1 Å². The normalized spacial score (nSPS) is 18.8. The molecule has 1 aromatic heterocycles. The van der Waals surface area contributed by atoms with Gasteiger partial charge in [0.05, 0.1) is 30.4 Å². The molecular formula is C31H30ClF3N2O5S. The number of sulfonamides is 1. The van der Waals surface area contributed by atoms with Crippen molar-refractivity contribution >= 4 is 21.6 Å². The second-order valence-electron chi connectivity index (χ2n) is 10.9. The summed E-state index contributed by atoms with van der Waals surface area (Å²) in [7, 11) is -2.09. The smallest absolute Gasteiger partial charge is 0.211 e. The molecule has 12 heteroatoms. The summed E-state index contributed by atoms with van der Waals surface area (Å²) in [6.07, 6.45) is 4.19. The van der Waals surface area contributed by atoms with Gasteiger partial charge in [-0.25, -0.2) is 26.6 Å². The maximum absolute atomic E-state index is 15.0. The maximum Gasteiger partial charge on any atom is 0.211 e. The van der Waals surface area contributed by atoms with Crippen molar-refractivity contribution in [3.63, 3.8) is 0 Å². The molecule has 4 aromatic rings. The number of phenols is 1. The van der Waals surface area contributed by atoms with E-state index in [-0.39, 0.29) is 30.0 Å². The Balaban J connectivity index is 1.51. The first kappa shape index (κ1) is 30.9. The van der Waals surface area contributed by atoms with Crippen LogP contribution in [-0.2, 0) is 34.3 Å². The van der Waals surface area contributed by atoms with Crippen molar-refractivity contribution in [2.75, 3.05) is 13.4 Å². The minimum atomic E-state index is -3.65. The van der Waals surface area contributed by atoms with Crippen LogP contribution in [0.4, 0.5) is 13.2 Å². The van der Waals surface area contributed by atoms with Crippen LogP contribution in [0.15, 0.2) is 65.3 Å². The molecule has 3 aromatic carbocycles. The summed E-state index contributed by atoms with van der Waals surface area (Å²) in [5.74, 6) is -2.67. The van der Waals surface area contributed by atoms with Crippen LogP contribution < -0.4 is 4.74 Å². The molecule has 1 N–H and O–H groups in total. The Morgan fingerprint density at radius 3 is 2.44 bits per heavy atom. The highest BCUT2D eigenvalue weighted by Crippen LogP contribution is 2.46. The molecule has 1 aliphatic carbocycles. The Morgan fingerprint density at radius 1 is 1.07 bits per heavy atom. The zero-order chi connectivity index (χ0) is 30.9. The third-order valence-electron chi connectivity index (χ3n) is 7.95. The van der Waals surface area contributed by atoms with Crippen LogP contribution in [0.5, 0.6) is 11.5 Å². The number of benzene rings is 3. The fourth-order valence-corrected chi connectivity index (χ4v) is 7.09. The van der Waals surface area contributed by atoms with Crippen molar-refractivity contribution < 1.29 is 35.8 Å². The summed E-state index contributed by atoms with van der Waals surface area (Å²) >= 11 is 6.00. The van der Waals surface area contributed by atoms with Gasteiger partial charge in [0.15, 0.2) is 11.6 Å². The van der Waals surface area contributed by atoms with E-state index in [1.165, 1.54) is 35.0 Å². The van der Waals surface area contributed by atoms with Crippen LogP contribution in [0.2, 0.25) is 0 Å². The zero-order valence-corrected chi connectivity index (χ0v) is 25.1. The Labute approximate surface area is 252 Å². The Morgan fingerprint density at radius 2 is 1.79 bits per heavy atom. The zero-order valence-electron chi connectivity index (χ0n) is 23.5. The summed E-state index contributed by atoms with van der Waals surface area (Å²) in [5.41, 5.74) is 0.574. The van der Waals surface area contributed by atoms with Crippen LogP contribution >= 0.6 is 11.6 Å². The van der Waals surface area contributed by atoms with Crippen LogP contribution in [0.1, 0.15) is 42.0 Å². The summed E-state index contributed by atoms with van der Waals surface area (Å²) in [4.78, 5) is 4.58. The summed E-state index contributed by atoms with van der Waals surface area (Å²) in [5, 5.41) is 10.2. The second-order valence-corrected chi connectivity index (χ2v) is 13.1. The molecule has 1 heterocycles. The van der Waals surface area contributed by atoms with Crippen LogP contribution in [-0.4, -0.2) is 42.2 Å². The van der Waals surface area contributed by atoms with E-state index in [1.807, 2.05) is 12.1 Å². The van der Waals surface area contributed by atoms with Crippen molar-refractivity contribution in [1.29, 1.82) is 0 Å². The molecule has 0 spiro atoms. The Bertz CT molecular complexity index is 1730. The highest BCUT2D eigenvalue weighted by Gasteiger charge is 2.47. The number of methoxy groups -OCH3 is 1. The number of alkyl halides is 1. The molecule has 2 atom stereocenters. The molecule has 7 nitrogen and oxygen atoms in total. The van der Waals surface area contributed by atoms with Crippen molar-refractivity contribution in [3.8, 4) is 22.6 Å². The second kappa shape index (κ2) is 12.2. The average molecular weight is 635 g/mol. The molecule has 43 heavy (non-hydrogen) atoms. The van der Waals surface area contributed by atoms with E-state index in [4.69, 9.17) is 20.8 Å². The number of rotatable bonds is 10. The number of halogens is 4. The SMILES string of the molecule is COc1ccc(CN([C@H]2CC[C@](Cc3ccc(F)c(-c4cc(F)cc(F)c4O)c3)(c3nc(CCl)co3)C2)S(C)(=O)=O)cc1. The first-order valence-corrected chi connectivity index (χ1v) is 15.9. The molecule has 0 bridgehead atoms. The molecular weight excluding hydrogens is 605 g/mol. The molecule has 1 aliphatic rings. The van der Waals surface area contributed by atoms with Crippen LogP contribution in [0.25, 0.3) is 11.1 Å². The van der Waals surface area contributed by atoms with E-state index in [0.717, 1.165) is 11.6 Å². The van der Waals surface area contributed by atoms with E-state index in [2.05, 4.69) is 4.98 Å². The number of aromatic hydroxyl groups is 1. The van der Waals surface area contributed by atoms with Gasteiger partial charge in [0.2, 0.25) is 15.9 Å². The third kappa shape index (κ3) is 6.53. The van der Waals surface area contributed by atoms with Gasteiger partial charge in [0, 0.05) is 29.8 Å². The Kier molecular flexibility index (Phi) is 8.78. The predicted molar refractivity (Wildman–Crippen MR) is 156 cm³/mol. The van der Waals surface area contributed by atoms with E-state index in [9.17, 15) is 26.7 Å². The lowest BCUT2D eigenvalue weighted by atomic mass is 9.79. The molecule has 0 unspecified atom stereocenters. The fraction of sp³-hybridized carbons (Fsp3) is 0.323. The average Bonchev–Trinajstić information content (AvgIpc) is 3.63. The van der Waals surface area contributed by atoms with Crippen LogP contribution in [0, 0.1) is 17.5 Å². The van der Waals surface area contributed by atoms with E-state index in [0.29, 0.717) is 48.2 Å². The summed E-state index contributed by atoms with van der Waals surface area (Å²) in [6.45, 7) is 0.146. The quantitative estimate of drug-likeness (QED) is 0.195. The minimum Gasteiger partial charge on any atom is -0.504 e. The number of phenolic OH excluding ortho intramolecular Hbond substituents is 1. The van der Waals surface area contributed by atoms with Gasteiger partial charge in [0.25, 0.3) is 0 Å². The highest BCUT2D eigenvalue weighted by molar-refractivity contribution is 7.88. The van der Waals surface area contributed by atoms with Gasteiger partial charge in [-0.2, -0.15) is 4.31 Å². The largest absolute Gasteiger partial charge is 0.504 e. The van der Waals surface area contributed by atoms with Crippen molar-refractivity contribution in [2.45, 2.75) is 49.6 Å². The standard InChI is InChI=1S/C31H30ClF3N2O5S/c1-41-24-6-3-19(4-7-24)17-37(43(2,39)40)23-9-10-31(15-23,30-36-22(16-32)18-42-30)14-20-5-8-27(34)25(11-20)26-12-21(33)13-28(35)29(26)38/h3-8,11-13,18,23,38H,9-10,14-17H2,1-2H3/t23-,31+/m0/s1. The van der Waals surface area contributed by atoms with Gasteiger partial charge < -0.3 is 14.3 Å². The lowest BCUT2D eigenvalue weighted by molar-refractivity contribution is 0.276. The van der Waals surface area contributed by atoms with Gasteiger partial charge in [-0.3, -0.25) is 0 Å². The van der Waals surface area contributed by atoms with E-state index in [1.54, 1.807) is 19.2 Å². The first-order chi connectivity index (χ1) is 20.4. The topological polar surface area (TPSA) is 92.9 Å². The number of hydrogen-bond donors (Lipinski definition) is 1. The first-order valence-electron chi connectivity index (χ1n) is 13.5. The molecule has 5 rings (SSSR count). The van der Waals surface area contributed by atoms with Crippen molar-refractivity contribution in [3.05, 3.63) is 101 Å². The highest BCUT2D eigenvalue weighted by atomic mass is 35.5. The van der Waals surface area contributed by atoms with E-state index >= 15 is 0 Å². The molecule has 1 saturated carbocycles. The molecule has 0 radical (unpaired) electrons. The number of oxazole rings is 1. The Hall–Kier alpha value is -3.54. The fourth-order valence-electron chi connectivity index (χ4n) is 5.87. The van der Waals surface area contributed by atoms with Crippen LogP contribution in [0.3, 0.4) is 0 Å². The molecule has 0 amide bonds. The number of hydrogen-bond acceptors (Lipinski definition) is 6. The predicted octanol–water partition coefficient (Wildman–Crippen LogP) is 6.71. The number of aromatic nitrogens is 1. The minimum absolute atomic E-state index is 0.112. The molecule has 1 fully saturated rings. The maximum atomic E-state index is 15.0. The summed E-state index contributed by atoms with van der Waals surface area (Å²) in [6, 6.07) is 12.3. The van der Waals surface area contributed by atoms with Gasteiger partial charge in [-0.15, -0.1) is 11.6 Å². The summed E-state index contributed by atoms with van der Waals surface area (Å²) < 4.78 is 81.7. The number of ether oxygens (including phenoxy) is 1. The lowest BCUT2D eigenvalue weighted by Crippen LogP contribution is -2.39. The molecule has 228 valence electrons. The van der Waals surface area contributed by atoms with Crippen molar-refractivity contribution in [2.24, 2.45) is 0 Å². The third-order valence-corrected chi connectivity index (χ3v) is 9.50. The monoisotopic (exact) mass is 634 g/mol. The van der Waals surface area contributed by atoms with Gasteiger partial charge >= 0.3 is 0 Å². The lowest BCUT2D eigenvalue weighted by Gasteiger charge is -2.30. The molecule has 0 saturated heterocycles. The van der Waals surface area contributed by atoms with Gasteiger partial charge in [-0.1, -0.05) is 18.2 Å². The number of nitrogens with zero attached hydrogens (tertiary/aromatic N) is 2. The van der Waals surface area contributed by atoms with E-state index < -0.39 is 44.7 Å².